The summed E-state index contributed by atoms with van der Waals surface area (Å²) in [5, 5.41) is 0. The molecular weight excluding hydrogens is 398 g/mol. The average Bonchev–Trinajstić information content (AvgIpc) is 2.87. The van der Waals surface area contributed by atoms with E-state index in [1.807, 2.05) is 24.3 Å². The smallest absolute Gasteiger partial charge is 0.330 e. The lowest BCUT2D eigenvalue weighted by atomic mass is 10.1. The largest absolute Gasteiger partial charge is 0.463 e. The maximum absolute atomic E-state index is 12.4. The lowest BCUT2D eigenvalue weighted by molar-refractivity contribution is -0.137. The van der Waals surface area contributed by atoms with Crippen LogP contribution < -0.4 is 4.90 Å². The fraction of sp³-hybridized carbons (Fsp3) is 0.150. The van der Waals surface area contributed by atoms with Gasteiger partial charge in [-0.3, -0.25) is 9.59 Å². The highest BCUT2D eigenvalue weighted by atomic mass is 79.9. The summed E-state index contributed by atoms with van der Waals surface area (Å²) >= 11 is 3.37. The number of hydrogen-bond donors (Lipinski definition) is 0. The number of carbonyl (C=O) groups is 3. The Balaban J connectivity index is 1.85. The highest BCUT2D eigenvalue weighted by Gasteiger charge is 2.35. The number of fused-ring (bicyclic) bond motifs is 1. The maximum Gasteiger partial charge on any atom is 0.330 e. The van der Waals surface area contributed by atoms with Crippen LogP contribution in [0.25, 0.3) is 6.08 Å². The van der Waals surface area contributed by atoms with Crippen LogP contribution in [-0.2, 0) is 20.9 Å². The Morgan fingerprint density at radius 3 is 2.58 bits per heavy atom. The van der Waals surface area contributed by atoms with Crippen molar-refractivity contribution in [1.29, 1.82) is 0 Å². The minimum atomic E-state index is -0.547. The van der Waals surface area contributed by atoms with Crippen LogP contribution in [0, 0.1) is 0 Å². The molecule has 0 bridgehead atoms. The molecule has 1 aliphatic heterocycles. The van der Waals surface area contributed by atoms with Crippen molar-refractivity contribution < 1.29 is 19.1 Å². The molecule has 0 radical (unpaired) electrons. The number of Topliss-reactive ketones (excluding diaryl/α,β-unsaturated/α-hetero) is 1. The first-order valence-electron chi connectivity index (χ1n) is 8.09. The van der Waals surface area contributed by atoms with Crippen LogP contribution >= 0.6 is 15.9 Å². The van der Waals surface area contributed by atoms with Gasteiger partial charge in [-0.1, -0.05) is 34.1 Å². The van der Waals surface area contributed by atoms with Gasteiger partial charge in [-0.15, -0.1) is 0 Å². The third-order valence-corrected chi connectivity index (χ3v) is 4.48. The monoisotopic (exact) mass is 413 g/mol. The molecule has 2 aromatic carbocycles. The first-order chi connectivity index (χ1) is 12.5. The zero-order valence-electron chi connectivity index (χ0n) is 14.1. The average molecular weight is 414 g/mol. The molecule has 6 heteroatoms. The summed E-state index contributed by atoms with van der Waals surface area (Å²) in [6.45, 7) is 2.35. The molecule has 2 aromatic rings. The molecule has 0 fully saturated rings. The van der Waals surface area contributed by atoms with Crippen molar-refractivity contribution in [2.45, 2.75) is 13.5 Å². The fourth-order valence-electron chi connectivity index (χ4n) is 2.71. The summed E-state index contributed by atoms with van der Waals surface area (Å²) in [6.07, 6.45) is 2.86. The molecule has 0 spiro atoms. The summed E-state index contributed by atoms with van der Waals surface area (Å²) < 4.78 is 5.78. The van der Waals surface area contributed by atoms with Crippen LogP contribution in [0.15, 0.2) is 53.0 Å². The standard InChI is InChI=1S/C20H16BrNO4/c1-2-26-18(23)10-6-13-5-9-17-16(11-13)19(24)20(25)22(17)12-14-3-7-15(21)8-4-14/h3-11H,2,12H2,1H3/b10-6+. The molecule has 0 aliphatic carbocycles. The number of anilines is 1. The van der Waals surface area contributed by atoms with E-state index >= 15 is 0 Å². The molecule has 5 nitrogen and oxygen atoms in total. The molecule has 3 rings (SSSR count). The number of benzene rings is 2. The molecule has 1 heterocycles. The van der Waals surface area contributed by atoms with Crippen LogP contribution in [0.1, 0.15) is 28.4 Å². The zero-order valence-corrected chi connectivity index (χ0v) is 15.7. The van der Waals surface area contributed by atoms with E-state index in [0.717, 1.165) is 10.0 Å². The Bertz CT molecular complexity index is 903. The van der Waals surface area contributed by atoms with Gasteiger partial charge in [0.05, 0.1) is 24.4 Å². The second kappa shape index (κ2) is 7.66. The number of carbonyl (C=O) groups excluding carboxylic acids is 3. The summed E-state index contributed by atoms with van der Waals surface area (Å²) in [5.74, 6) is -1.54. The highest BCUT2D eigenvalue weighted by Crippen LogP contribution is 2.31. The van der Waals surface area contributed by atoms with Gasteiger partial charge in [-0.25, -0.2) is 4.79 Å². The normalized spacial score (nSPS) is 13.4. The zero-order chi connectivity index (χ0) is 18.7. The first-order valence-corrected chi connectivity index (χ1v) is 8.88. The van der Waals surface area contributed by atoms with Crippen molar-refractivity contribution in [2.75, 3.05) is 11.5 Å². The fourth-order valence-corrected chi connectivity index (χ4v) is 2.97. The second-order valence-electron chi connectivity index (χ2n) is 5.71. The van der Waals surface area contributed by atoms with E-state index in [9.17, 15) is 14.4 Å². The van der Waals surface area contributed by atoms with Gasteiger partial charge in [0, 0.05) is 10.5 Å². The third kappa shape index (κ3) is 3.75. The van der Waals surface area contributed by atoms with Crippen molar-refractivity contribution in [1.82, 2.24) is 0 Å². The van der Waals surface area contributed by atoms with E-state index in [1.54, 1.807) is 31.2 Å². The lowest BCUT2D eigenvalue weighted by Crippen LogP contribution is -2.29. The van der Waals surface area contributed by atoms with Crippen molar-refractivity contribution in [3.8, 4) is 0 Å². The number of amides is 1. The van der Waals surface area contributed by atoms with Gasteiger partial charge < -0.3 is 9.64 Å². The van der Waals surface area contributed by atoms with Crippen molar-refractivity contribution in [3.63, 3.8) is 0 Å². The summed E-state index contributed by atoms with van der Waals surface area (Å²) in [5.41, 5.74) is 2.51. The Hall–Kier alpha value is -2.73. The summed E-state index contributed by atoms with van der Waals surface area (Å²) in [6, 6.07) is 12.7. The minimum absolute atomic E-state index is 0.297. The number of hydrogen-bond acceptors (Lipinski definition) is 4. The molecule has 132 valence electrons. The van der Waals surface area contributed by atoms with E-state index in [1.165, 1.54) is 11.0 Å². The Kier molecular flexibility index (Phi) is 5.32. The molecule has 1 aliphatic rings. The topological polar surface area (TPSA) is 63.7 Å². The molecule has 26 heavy (non-hydrogen) atoms. The summed E-state index contributed by atoms with van der Waals surface area (Å²) in [7, 11) is 0. The predicted octanol–water partition coefficient (Wildman–Crippen LogP) is 3.75. The molecular formula is C20H16BrNO4. The quantitative estimate of drug-likeness (QED) is 0.425. The van der Waals surface area contributed by atoms with E-state index in [0.29, 0.717) is 30.0 Å². The molecule has 0 N–H and O–H groups in total. The third-order valence-electron chi connectivity index (χ3n) is 3.95. The van der Waals surface area contributed by atoms with Gasteiger partial charge >= 0.3 is 5.97 Å². The number of halogens is 1. The van der Waals surface area contributed by atoms with Crippen molar-refractivity contribution in [3.05, 3.63) is 69.7 Å². The van der Waals surface area contributed by atoms with Gasteiger partial charge in [0.1, 0.15) is 0 Å². The van der Waals surface area contributed by atoms with Crippen LogP contribution in [0.4, 0.5) is 5.69 Å². The molecule has 0 saturated carbocycles. The maximum atomic E-state index is 12.4. The first kappa shape index (κ1) is 18.1. The number of ketones is 1. The Labute approximate surface area is 159 Å². The van der Waals surface area contributed by atoms with E-state index in [-0.39, 0.29) is 0 Å². The van der Waals surface area contributed by atoms with Gasteiger partial charge in [0.2, 0.25) is 0 Å². The number of nitrogens with zero attached hydrogens (tertiary/aromatic N) is 1. The van der Waals surface area contributed by atoms with Gasteiger partial charge in [-0.05, 0) is 48.4 Å². The number of ether oxygens (including phenoxy) is 1. The van der Waals surface area contributed by atoms with Crippen LogP contribution in [-0.4, -0.2) is 24.3 Å². The van der Waals surface area contributed by atoms with Gasteiger partial charge in [0.25, 0.3) is 11.7 Å². The lowest BCUT2D eigenvalue weighted by Gasteiger charge is -2.16. The van der Waals surface area contributed by atoms with E-state index < -0.39 is 17.7 Å². The Morgan fingerprint density at radius 1 is 1.15 bits per heavy atom. The van der Waals surface area contributed by atoms with Crippen LogP contribution in [0.2, 0.25) is 0 Å². The molecule has 0 unspecified atom stereocenters. The van der Waals surface area contributed by atoms with E-state index in [2.05, 4.69) is 15.9 Å². The molecule has 1 amide bonds. The van der Waals surface area contributed by atoms with Crippen molar-refractivity contribution >= 4 is 45.4 Å². The SMILES string of the molecule is CCOC(=O)/C=C/c1ccc2c(c1)C(=O)C(=O)N2Cc1ccc(Br)cc1. The van der Waals surface area contributed by atoms with Crippen LogP contribution in [0.5, 0.6) is 0 Å². The second-order valence-corrected chi connectivity index (χ2v) is 6.62. The molecule has 0 aromatic heterocycles. The number of esters is 1. The van der Waals surface area contributed by atoms with Gasteiger partial charge in [0.15, 0.2) is 0 Å². The molecule has 0 atom stereocenters. The minimum Gasteiger partial charge on any atom is -0.463 e. The predicted molar refractivity (Wildman–Crippen MR) is 102 cm³/mol. The van der Waals surface area contributed by atoms with Crippen molar-refractivity contribution in [2.24, 2.45) is 0 Å². The summed E-state index contributed by atoms with van der Waals surface area (Å²) in [4.78, 5) is 37.6. The van der Waals surface area contributed by atoms with Crippen LogP contribution in [0.3, 0.4) is 0 Å². The highest BCUT2D eigenvalue weighted by molar-refractivity contribution is 9.10. The van der Waals surface area contributed by atoms with Gasteiger partial charge in [-0.2, -0.15) is 0 Å². The Morgan fingerprint density at radius 2 is 1.88 bits per heavy atom. The molecule has 0 saturated heterocycles. The van der Waals surface area contributed by atoms with E-state index in [4.69, 9.17) is 4.74 Å². The number of rotatable bonds is 5.